The van der Waals surface area contributed by atoms with Crippen LogP contribution in [0, 0.1) is 11.3 Å². The van der Waals surface area contributed by atoms with Crippen molar-refractivity contribution in [3.63, 3.8) is 0 Å². The van der Waals surface area contributed by atoms with Crippen LogP contribution in [-0.2, 0) is 11.2 Å². The Kier molecular flexibility index (Phi) is 6.71. The van der Waals surface area contributed by atoms with Gasteiger partial charge >= 0.3 is 6.09 Å². The first-order valence-corrected chi connectivity index (χ1v) is 11.4. The highest BCUT2D eigenvalue weighted by molar-refractivity contribution is 6.33. The molecule has 2 aliphatic rings. The number of amides is 2. The number of benzene rings is 1. The average molecular weight is 435 g/mol. The van der Waals surface area contributed by atoms with Gasteiger partial charge in [-0.05, 0) is 88.3 Å². The highest BCUT2D eigenvalue weighted by atomic mass is 35.5. The molecule has 1 heterocycles. The largest absolute Gasteiger partial charge is 0.444 e. The van der Waals surface area contributed by atoms with E-state index in [2.05, 4.69) is 0 Å². The molecule has 0 unspecified atom stereocenters. The summed E-state index contributed by atoms with van der Waals surface area (Å²) in [5, 5.41) is 0.531. The quantitative estimate of drug-likeness (QED) is 0.623. The summed E-state index contributed by atoms with van der Waals surface area (Å²) in [6.45, 7) is 7.35. The Balaban J connectivity index is 1.42. The molecule has 1 aliphatic carbocycles. The third kappa shape index (κ3) is 5.48. The van der Waals surface area contributed by atoms with E-state index in [0.717, 1.165) is 44.7 Å². The molecule has 0 radical (unpaired) electrons. The third-order valence-electron chi connectivity index (χ3n) is 6.46. The van der Waals surface area contributed by atoms with Gasteiger partial charge in [-0.1, -0.05) is 17.7 Å². The van der Waals surface area contributed by atoms with Crippen molar-refractivity contribution in [2.24, 2.45) is 11.3 Å². The van der Waals surface area contributed by atoms with E-state index >= 15 is 0 Å². The van der Waals surface area contributed by atoms with Gasteiger partial charge in [0.05, 0.1) is 10.6 Å². The van der Waals surface area contributed by atoms with Crippen LogP contribution in [0.3, 0.4) is 0 Å². The van der Waals surface area contributed by atoms with Crippen molar-refractivity contribution < 1.29 is 14.3 Å². The Morgan fingerprint density at radius 1 is 1.23 bits per heavy atom. The first-order valence-electron chi connectivity index (χ1n) is 11.0. The molecule has 1 saturated heterocycles. The van der Waals surface area contributed by atoms with Gasteiger partial charge in [0.2, 0.25) is 0 Å². The van der Waals surface area contributed by atoms with Crippen molar-refractivity contribution in [3.8, 4) is 0 Å². The van der Waals surface area contributed by atoms with E-state index in [9.17, 15) is 9.59 Å². The third-order valence-corrected chi connectivity index (χ3v) is 6.77. The molecule has 2 amide bonds. The van der Waals surface area contributed by atoms with E-state index in [1.165, 1.54) is 18.4 Å². The minimum absolute atomic E-state index is 0.0656. The van der Waals surface area contributed by atoms with Gasteiger partial charge in [-0.2, -0.15) is 0 Å². The maximum Gasteiger partial charge on any atom is 0.410 e. The molecule has 2 fully saturated rings. The average Bonchev–Trinajstić information content (AvgIpc) is 3.31. The lowest BCUT2D eigenvalue weighted by molar-refractivity contribution is 0.0164. The number of carbonyl (C=O) groups is 2. The number of hydrogen-bond donors (Lipinski definition) is 0. The van der Waals surface area contributed by atoms with E-state index in [1.807, 2.05) is 43.9 Å². The van der Waals surface area contributed by atoms with E-state index in [1.54, 1.807) is 19.0 Å². The molecule has 1 atom stereocenters. The highest BCUT2D eigenvalue weighted by Crippen LogP contribution is 2.61. The summed E-state index contributed by atoms with van der Waals surface area (Å²) in [6.07, 6.45) is 6.59. The van der Waals surface area contributed by atoms with Crippen molar-refractivity contribution >= 4 is 23.6 Å². The summed E-state index contributed by atoms with van der Waals surface area (Å²) in [7, 11) is 3.46. The van der Waals surface area contributed by atoms with Crippen molar-refractivity contribution in [2.75, 3.05) is 27.2 Å². The number of ether oxygens (including phenoxy) is 1. The van der Waals surface area contributed by atoms with Crippen LogP contribution in [0.25, 0.3) is 0 Å². The van der Waals surface area contributed by atoms with Crippen LogP contribution in [-0.4, -0.2) is 54.6 Å². The van der Waals surface area contributed by atoms with Crippen molar-refractivity contribution in [2.45, 2.75) is 64.9 Å². The molecule has 0 bridgehead atoms. The normalized spacial score (nSPS) is 20.2. The summed E-state index contributed by atoms with van der Waals surface area (Å²) >= 11 is 6.33. The van der Waals surface area contributed by atoms with Gasteiger partial charge in [0, 0.05) is 27.2 Å². The molecule has 0 N–H and O–H groups in total. The van der Waals surface area contributed by atoms with Crippen molar-refractivity contribution in [3.05, 3.63) is 34.3 Å². The highest BCUT2D eigenvalue weighted by Gasteiger charge is 2.54. The molecule has 6 heteroatoms. The zero-order valence-electron chi connectivity index (χ0n) is 19.0. The van der Waals surface area contributed by atoms with Crippen LogP contribution in [0.1, 0.15) is 68.8 Å². The second kappa shape index (κ2) is 8.78. The van der Waals surface area contributed by atoms with Gasteiger partial charge in [0.25, 0.3) is 5.91 Å². The first kappa shape index (κ1) is 22.9. The maximum atomic E-state index is 12.3. The number of piperidine rings is 1. The van der Waals surface area contributed by atoms with E-state index in [-0.39, 0.29) is 12.0 Å². The molecular weight excluding hydrogens is 400 g/mol. The van der Waals surface area contributed by atoms with Gasteiger partial charge in [-0.15, -0.1) is 0 Å². The minimum atomic E-state index is -0.435. The number of halogens is 1. The lowest BCUT2D eigenvalue weighted by atomic mass is 9.89. The van der Waals surface area contributed by atoms with Gasteiger partial charge in [0.15, 0.2) is 0 Å². The lowest BCUT2D eigenvalue weighted by Crippen LogP contribution is -2.42. The standard InChI is InChI=1S/C24H35ClN2O3/c1-23(2,3)30-22(29)27-13-11-24(12-14-27)16-18(24)8-6-7-17-9-10-19(20(25)15-17)21(28)26(4)5/h9-10,15,18H,6-8,11-14,16H2,1-5H3/t18-/m1/s1. The van der Waals surface area contributed by atoms with Crippen LogP contribution in [0.15, 0.2) is 18.2 Å². The van der Waals surface area contributed by atoms with E-state index in [4.69, 9.17) is 16.3 Å². The number of likely N-dealkylation sites (tertiary alicyclic amines) is 1. The van der Waals surface area contributed by atoms with Gasteiger partial charge in [-0.25, -0.2) is 4.79 Å². The fraction of sp³-hybridized carbons (Fsp3) is 0.667. The van der Waals surface area contributed by atoms with E-state index < -0.39 is 5.60 Å². The number of nitrogens with zero attached hydrogens (tertiary/aromatic N) is 2. The zero-order chi connectivity index (χ0) is 22.1. The van der Waals surface area contributed by atoms with Crippen LogP contribution in [0.5, 0.6) is 0 Å². The molecule has 0 aromatic heterocycles. The number of carbonyl (C=O) groups excluding carboxylic acids is 2. The second-order valence-electron chi connectivity index (χ2n) is 10.1. The Hall–Kier alpha value is -1.75. The number of rotatable bonds is 5. The Labute approximate surface area is 185 Å². The van der Waals surface area contributed by atoms with Crippen molar-refractivity contribution in [1.29, 1.82) is 0 Å². The van der Waals surface area contributed by atoms with Crippen LogP contribution in [0.4, 0.5) is 4.79 Å². The Morgan fingerprint density at radius 3 is 2.47 bits per heavy atom. The van der Waals surface area contributed by atoms with E-state index in [0.29, 0.717) is 16.0 Å². The summed E-state index contributed by atoms with van der Waals surface area (Å²) in [5.41, 5.74) is 1.75. The zero-order valence-corrected chi connectivity index (χ0v) is 19.7. The minimum Gasteiger partial charge on any atom is -0.444 e. The van der Waals surface area contributed by atoms with Crippen molar-refractivity contribution in [1.82, 2.24) is 9.80 Å². The molecule has 5 nitrogen and oxygen atoms in total. The molecule has 3 rings (SSSR count). The van der Waals surface area contributed by atoms with Crippen LogP contribution >= 0.6 is 11.6 Å². The molecule has 1 aliphatic heterocycles. The molecule has 166 valence electrons. The van der Waals surface area contributed by atoms with Gasteiger partial charge < -0.3 is 14.5 Å². The molecule has 1 aromatic rings. The van der Waals surface area contributed by atoms with Gasteiger partial charge in [-0.3, -0.25) is 4.79 Å². The molecule has 1 aromatic carbocycles. The topological polar surface area (TPSA) is 49.9 Å². The molecule has 1 saturated carbocycles. The fourth-order valence-electron chi connectivity index (χ4n) is 4.59. The number of hydrogen-bond acceptors (Lipinski definition) is 3. The predicted octanol–water partition coefficient (Wildman–Crippen LogP) is 5.40. The smallest absolute Gasteiger partial charge is 0.410 e. The maximum absolute atomic E-state index is 12.3. The molecule has 30 heavy (non-hydrogen) atoms. The Bertz CT molecular complexity index is 792. The second-order valence-corrected chi connectivity index (χ2v) is 10.5. The number of aryl methyl sites for hydroxylation is 1. The molecule has 1 spiro atoms. The predicted molar refractivity (Wildman–Crippen MR) is 120 cm³/mol. The van der Waals surface area contributed by atoms with Crippen LogP contribution < -0.4 is 0 Å². The summed E-state index contributed by atoms with van der Waals surface area (Å²) in [4.78, 5) is 27.8. The van der Waals surface area contributed by atoms with Crippen LogP contribution in [0.2, 0.25) is 5.02 Å². The first-order chi connectivity index (χ1) is 14.0. The summed E-state index contributed by atoms with van der Waals surface area (Å²) in [6, 6.07) is 5.79. The lowest BCUT2D eigenvalue weighted by Gasteiger charge is -2.34. The Morgan fingerprint density at radius 2 is 1.90 bits per heavy atom. The monoisotopic (exact) mass is 434 g/mol. The molecular formula is C24H35ClN2O3. The summed E-state index contributed by atoms with van der Waals surface area (Å²) < 4.78 is 5.50. The van der Waals surface area contributed by atoms with Gasteiger partial charge in [0.1, 0.15) is 5.60 Å². The fourth-order valence-corrected chi connectivity index (χ4v) is 4.88. The SMILES string of the molecule is CN(C)C(=O)c1ccc(CCC[C@@H]2CC23CCN(C(=O)OC(C)(C)C)CC3)cc1Cl. The summed E-state index contributed by atoms with van der Waals surface area (Å²) in [5.74, 6) is 0.701.